The molecule has 0 saturated carbocycles. The van der Waals surface area contributed by atoms with Gasteiger partial charge in [-0.1, -0.05) is 12.1 Å². The average Bonchev–Trinajstić information content (AvgIpc) is 3.06. The number of imidazole rings is 1. The largest absolute Gasteiger partial charge is 0.573 e. The number of hydrogen-bond donors (Lipinski definition) is 3. The molecule has 2 heterocycles. The Morgan fingerprint density at radius 3 is 2.50 bits per heavy atom. The van der Waals surface area contributed by atoms with E-state index in [0.717, 1.165) is 11.4 Å². The predicted molar refractivity (Wildman–Crippen MR) is 120 cm³/mol. The Bertz CT molecular complexity index is 1190. The predicted octanol–water partition coefficient (Wildman–Crippen LogP) is 3.28. The second-order valence-electron chi connectivity index (χ2n) is 6.70. The van der Waals surface area contributed by atoms with E-state index >= 15 is 0 Å². The van der Waals surface area contributed by atoms with Crippen LogP contribution in [0.3, 0.4) is 0 Å². The lowest BCUT2D eigenvalue weighted by molar-refractivity contribution is -0.274. The van der Waals surface area contributed by atoms with Crippen molar-refractivity contribution in [2.75, 3.05) is 6.61 Å². The van der Waals surface area contributed by atoms with Crippen molar-refractivity contribution in [2.24, 2.45) is 11.5 Å². The third-order valence-corrected chi connectivity index (χ3v) is 4.29. The third kappa shape index (κ3) is 7.43. The van der Waals surface area contributed by atoms with E-state index in [1.54, 1.807) is 22.7 Å². The number of aryl methyl sites for hydroxylation is 2. The molecular weight excluding hydrogens is 453 g/mol. The number of alkyl halides is 3. The maximum atomic E-state index is 12.5. The van der Waals surface area contributed by atoms with Gasteiger partial charge in [-0.2, -0.15) is 5.10 Å². The summed E-state index contributed by atoms with van der Waals surface area (Å²) in [4.78, 5) is 14.2. The molecule has 3 aromatic rings. The first-order chi connectivity index (χ1) is 16.1. The number of nitrogens with two attached hydrogens (primary N) is 2. The zero-order valence-electron chi connectivity index (χ0n) is 18.8. The Morgan fingerprint density at radius 1 is 1.15 bits per heavy atom. The summed E-state index contributed by atoms with van der Waals surface area (Å²) in [6.45, 7) is 6.02. The fourth-order valence-electron chi connectivity index (χ4n) is 2.69. The van der Waals surface area contributed by atoms with E-state index in [-0.39, 0.29) is 23.0 Å². The van der Waals surface area contributed by atoms with Crippen LogP contribution in [0.1, 0.15) is 18.3 Å². The Balaban J connectivity index is 0.000000292. The number of hydrogen-bond acceptors (Lipinski definition) is 7. The zero-order chi connectivity index (χ0) is 25.3. The highest BCUT2D eigenvalue weighted by atomic mass is 19.4. The molecule has 34 heavy (non-hydrogen) atoms. The second kappa shape index (κ2) is 11.6. The first-order valence-corrected chi connectivity index (χ1v) is 9.99. The fraction of sp³-hybridized carbons (Fsp3) is 0.227. The number of para-hydroxylation sites is 1. The van der Waals surface area contributed by atoms with Crippen molar-refractivity contribution in [2.45, 2.75) is 27.1 Å². The van der Waals surface area contributed by atoms with Gasteiger partial charge in [0.2, 0.25) is 6.41 Å². The van der Waals surface area contributed by atoms with Gasteiger partial charge in [0.1, 0.15) is 11.6 Å². The summed E-state index contributed by atoms with van der Waals surface area (Å²) >= 11 is 0. The third-order valence-electron chi connectivity index (χ3n) is 4.29. The van der Waals surface area contributed by atoms with E-state index in [1.807, 2.05) is 20.8 Å². The molecule has 3 rings (SSSR count). The number of halogens is 3. The molecule has 0 atom stereocenters. The number of nitrogens with zero attached hydrogens (tertiary/aromatic N) is 3. The number of carbonyl (C=O) groups is 1. The highest BCUT2D eigenvalue weighted by Gasteiger charge is 2.32. The molecule has 0 radical (unpaired) electrons. The van der Waals surface area contributed by atoms with Crippen LogP contribution in [0.2, 0.25) is 0 Å². The molecule has 0 fully saturated rings. The summed E-state index contributed by atoms with van der Waals surface area (Å²) in [6, 6.07) is 9.26. The zero-order valence-corrected chi connectivity index (χ0v) is 18.8. The molecule has 0 aliphatic heterocycles. The first-order valence-electron chi connectivity index (χ1n) is 9.99. The molecule has 182 valence electrons. The van der Waals surface area contributed by atoms with Gasteiger partial charge in [0.25, 0.3) is 0 Å². The van der Waals surface area contributed by atoms with E-state index in [9.17, 15) is 18.0 Å². The topological polar surface area (TPSA) is 130 Å². The smallest absolute Gasteiger partial charge is 0.480 e. The molecule has 5 N–H and O–H groups in total. The minimum atomic E-state index is -4.75. The number of ether oxygens (including phenoxy) is 2. The normalized spacial score (nSPS) is 12.1. The van der Waals surface area contributed by atoms with E-state index in [1.165, 1.54) is 30.4 Å². The van der Waals surface area contributed by atoms with Gasteiger partial charge >= 0.3 is 6.36 Å². The molecule has 0 unspecified atom stereocenters. The summed E-state index contributed by atoms with van der Waals surface area (Å²) in [5.41, 5.74) is 13.6. The minimum absolute atomic E-state index is 0.215. The Morgan fingerprint density at radius 2 is 1.85 bits per heavy atom. The van der Waals surface area contributed by atoms with Crippen molar-refractivity contribution in [3.05, 3.63) is 71.6 Å². The lowest BCUT2D eigenvalue weighted by Crippen LogP contribution is -2.17. The van der Waals surface area contributed by atoms with Gasteiger partial charge < -0.3 is 26.3 Å². The quantitative estimate of drug-likeness (QED) is 0.270. The first kappa shape index (κ1) is 26.0. The monoisotopic (exact) mass is 478 g/mol. The molecule has 1 aromatic carbocycles. The van der Waals surface area contributed by atoms with Crippen molar-refractivity contribution in [3.63, 3.8) is 0 Å². The maximum Gasteiger partial charge on any atom is 0.573 e. The fourth-order valence-corrected chi connectivity index (χ4v) is 2.69. The van der Waals surface area contributed by atoms with E-state index in [2.05, 4.69) is 20.1 Å². The molecule has 0 bridgehead atoms. The van der Waals surface area contributed by atoms with Crippen LogP contribution in [-0.2, 0) is 9.53 Å². The number of fused-ring (bicyclic) bond motifs is 1. The molecule has 0 aliphatic carbocycles. The highest BCUT2D eigenvalue weighted by molar-refractivity contribution is 5.67. The number of amides is 1. The number of carbonyl (C=O) groups excluding carboxylic acids is 1. The molecule has 0 spiro atoms. The van der Waals surface area contributed by atoms with Crippen LogP contribution in [0.25, 0.3) is 16.9 Å². The van der Waals surface area contributed by atoms with Crippen molar-refractivity contribution in [1.29, 1.82) is 0 Å². The van der Waals surface area contributed by atoms with Crippen molar-refractivity contribution in [1.82, 2.24) is 19.9 Å². The summed E-state index contributed by atoms with van der Waals surface area (Å²) in [7, 11) is 0. The van der Waals surface area contributed by atoms with Gasteiger partial charge in [0.05, 0.1) is 23.7 Å². The van der Waals surface area contributed by atoms with Crippen molar-refractivity contribution in [3.8, 4) is 17.0 Å². The Labute approximate surface area is 193 Å². The molecule has 0 saturated heterocycles. The SMILES string of the molecule is CCO/C(N)=C/C=C(\N)NC=O.Cc1nc2ccc(-c3ccccc3OC(F)(F)F)nn2c1C. The van der Waals surface area contributed by atoms with Gasteiger partial charge in [-0.3, -0.25) is 4.79 Å². The van der Waals surface area contributed by atoms with Crippen LogP contribution in [0, 0.1) is 13.8 Å². The Hall–Kier alpha value is -4.22. The van der Waals surface area contributed by atoms with Gasteiger partial charge in [-0.05, 0) is 51.1 Å². The molecule has 1 amide bonds. The number of rotatable bonds is 7. The number of allylic oxidation sites excluding steroid dienone is 2. The lowest BCUT2D eigenvalue weighted by atomic mass is 10.1. The van der Waals surface area contributed by atoms with Crippen molar-refractivity contribution < 1.29 is 27.4 Å². The van der Waals surface area contributed by atoms with Crippen LogP contribution in [0.5, 0.6) is 5.75 Å². The van der Waals surface area contributed by atoms with Gasteiger partial charge in [-0.25, -0.2) is 9.50 Å². The van der Waals surface area contributed by atoms with Crippen molar-refractivity contribution >= 4 is 12.1 Å². The average molecular weight is 478 g/mol. The van der Waals surface area contributed by atoms with Crippen LogP contribution >= 0.6 is 0 Å². The van der Waals surface area contributed by atoms with Crippen LogP contribution in [0.4, 0.5) is 13.2 Å². The number of nitrogens with one attached hydrogen (secondary N) is 1. The van der Waals surface area contributed by atoms with E-state index < -0.39 is 6.36 Å². The lowest BCUT2D eigenvalue weighted by Gasteiger charge is -2.12. The summed E-state index contributed by atoms with van der Waals surface area (Å²) in [5, 5.41) is 6.61. The molecule has 12 heteroatoms. The van der Waals surface area contributed by atoms with Gasteiger partial charge in [0.15, 0.2) is 11.5 Å². The van der Waals surface area contributed by atoms with Gasteiger partial charge in [-0.15, -0.1) is 13.2 Å². The van der Waals surface area contributed by atoms with E-state index in [0.29, 0.717) is 24.4 Å². The maximum absolute atomic E-state index is 12.5. The molecule has 2 aromatic heterocycles. The number of aromatic nitrogens is 3. The van der Waals surface area contributed by atoms with E-state index in [4.69, 9.17) is 16.2 Å². The standard InChI is InChI=1S/C15H12F3N3O.C7H13N3O2/c1-9-10(2)21-14(19-9)8-7-12(20-21)11-5-3-4-6-13(11)22-15(16,17)18;1-2-12-7(9)4-3-6(8)10-5-11/h3-8H,1-2H3;3-5H,2,8-9H2,1H3,(H,10,11)/b;6-3+,7-4+. The van der Waals surface area contributed by atoms with Crippen LogP contribution < -0.4 is 21.5 Å². The Kier molecular flexibility index (Phi) is 8.87. The van der Waals surface area contributed by atoms with Gasteiger partial charge in [0, 0.05) is 11.6 Å². The second-order valence-corrected chi connectivity index (χ2v) is 6.70. The minimum Gasteiger partial charge on any atom is -0.480 e. The summed E-state index contributed by atoms with van der Waals surface area (Å²) < 4.78 is 48.1. The summed E-state index contributed by atoms with van der Waals surface area (Å²) in [5.74, 6) is 0.192. The molecule has 9 nitrogen and oxygen atoms in total. The van der Waals surface area contributed by atoms with Crippen LogP contribution in [-0.4, -0.2) is 34.0 Å². The summed E-state index contributed by atoms with van der Waals surface area (Å²) in [6.07, 6.45) is -1.35. The molecule has 0 aliphatic rings. The molecular formula is C22H25F3N6O3. The highest BCUT2D eigenvalue weighted by Crippen LogP contribution is 2.32. The number of benzene rings is 1. The van der Waals surface area contributed by atoms with Crippen LogP contribution in [0.15, 0.2) is 60.3 Å².